The highest BCUT2D eigenvalue weighted by Gasteiger charge is 2.14. The number of hydrogen-bond acceptors (Lipinski definition) is 2. The highest BCUT2D eigenvalue weighted by molar-refractivity contribution is 6.10. The van der Waals surface area contributed by atoms with Gasteiger partial charge in [0.05, 0.1) is 11.7 Å². The van der Waals surface area contributed by atoms with Gasteiger partial charge in [-0.05, 0) is 37.4 Å². The number of hydrogen-bond donors (Lipinski definition) is 1. The van der Waals surface area contributed by atoms with E-state index in [0.29, 0.717) is 11.3 Å². The van der Waals surface area contributed by atoms with Crippen LogP contribution in [0.5, 0.6) is 5.75 Å². The Morgan fingerprint density at radius 1 is 0.913 bits per heavy atom. The summed E-state index contributed by atoms with van der Waals surface area (Å²) >= 11 is 0. The van der Waals surface area contributed by atoms with Gasteiger partial charge in [-0.3, -0.25) is 4.79 Å². The van der Waals surface area contributed by atoms with Crippen molar-refractivity contribution in [1.29, 1.82) is 0 Å². The van der Waals surface area contributed by atoms with E-state index >= 15 is 0 Å². The van der Waals surface area contributed by atoms with Crippen molar-refractivity contribution in [3.63, 3.8) is 0 Å². The molecule has 3 heteroatoms. The molecule has 1 N–H and O–H groups in total. The van der Waals surface area contributed by atoms with Crippen LogP contribution in [0.3, 0.4) is 0 Å². The summed E-state index contributed by atoms with van der Waals surface area (Å²) in [5.74, 6) is 0.429. The molecule has 0 fully saturated rings. The first kappa shape index (κ1) is 15.1. The average Bonchev–Trinajstić information content (AvgIpc) is 2.55. The van der Waals surface area contributed by atoms with Gasteiger partial charge in [-0.2, -0.15) is 0 Å². The zero-order valence-corrected chi connectivity index (χ0v) is 13.2. The molecule has 1 amide bonds. The van der Waals surface area contributed by atoms with E-state index in [9.17, 15) is 4.79 Å². The van der Waals surface area contributed by atoms with Crippen molar-refractivity contribution in [2.24, 2.45) is 0 Å². The van der Waals surface area contributed by atoms with Crippen molar-refractivity contribution in [3.05, 3.63) is 72.3 Å². The molecule has 0 saturated heterocycles. The summed E-state index contributed by atoms with van der Waals surface area (Å²) in [4.78, 5) is 12.7. The van der Waals surface area contributed by atoms with Gasteiger partial charge in [0.1, 0.15) is 5.75 Å². The lowest BCUT2D eigenvalue weighted by Crippen LogP contribution is -2.15. The fraction of sp³-hybridized carbons (Fsp3) is 0.150. The molecule has 0 aliphatic carbocycles. The average molecular weight is 305 g/mol. The number of carbonyl (C=O) groups is 1. The minimum atomic E-state index is -0.169. The maximum absolute atomic E-state index is 12.7. The summed E-state index contributed by atoms with van der Waals surface area (Å²) in [5, 5.41) is 5.11. The number of nitrogens with one attached hydrogen (secondary N) is 1. The molecule has 0 saturated carbocycles. The Balaban J connectivity index is 1.93. The van der Waals surface area contributed by atoms with E-state index in [1.165, 1.54) is 0 Å². The second kappa shape index (κ2) is 6.53. The largest absolute Gasteiger partial charge is 0.490 e. The summed E-state index contributed by atoms with van der Waals surface area (Å²) in [5.41, 5.74) is 1.33. The summed E-state index contributed by atoms with van der Waals surface area (Å²) in [6, 6.07) is 21.2. The van der Waals surface area contributed by atoms with Crippen molar-refractivity contribution in [3.8, 4) is 5.75 Å². The first-order valence-corrected chi connectivity index (χ1v) is 7.70. The highest BCUT2D eigenvalue weighted by Crippen LogP contribution is 2.25. The zero-order valence-electron chi connectivity index (χ0n) is 13.2. The second-order valence-corrected chi connectivity index (χ2v) is 5.64. The lowest BCUT2D eigenvalue weighted by molar-refractivity contribution is 0.102. The van der Waals surface area contributed by atoms with E-state index < -0.39 is 0 Å². The molecule has 23 heavy (non-hydrogen) atoms. The van der Waals surface area contributed by atoms with Crippen molar-refractivity contribution in [1.82, 2.24) is 0 Å². The maximum Gasteiger partial charge on any atom is 0.259 e. The van der Waals surface area contributed by atoms with Gasteiger partial charge in [0.25, 0.3) is 5.91 Å². The molecule has 3 nitrogen and oxygen atoms in total. The molecule has 3 rings (SSSR count). The van der Waals surface area contributed by atoms with Gasteiger partial charge in [0, 0.05) is 11.1 Å². The third kappa shape index (κ3) is 3.34. The van der Waals surface area contributed by atoms with Crippen LogP contribution in [0.2, 0.25) is 0 Å². The fourth-order valence-corrected chi connectivity index (χ4v) is 2.53. The van der Waals surface area contributed by atoms with Crippen molar-refractivity contribution >= 4 is 22.4 Å². The maximum atomic E-state index is 12.7. The number of benzene rings is 3. The van der Waals surface area contributed by atoms with Gasteiger partial charge in [-0.25, -0.2) is 0 Å². The molecule has 0 aliphatic rings. The molecule has 0 bridgehead atoms. The van der Waals surface area contributed by atoms with Crippen LogP contribution in [0.1, 0.15) is 24.2 Å². The van der Waals surface area contributed by atoms with Gasteiger partial charge in [-0.1, -0.05) is 48.5 Å². The van der Waals surface area contributed by atoms with Crippen LogP contribution < -0.4 is 10.1 Å². The molecule has 0 heterocycles. The smallest absolute Gasteiger partial charge is 0.259 e. The number of ether oxygens (including phenoxy) is 1. The summed E-state index contributed by atoms with van der Waals surface area (Å²) in [7, 11) is 0. The molecule has 3 aromatic rings. The van der Waals surface area contributed by atoms with Gasteiger partial charge in [-0.15, -0.1) is 0 Å². The summed E-state index contributed by atoms with van der Waals surface area (Å²) < 4.78 is 5.73. The van der Waals surface area contributed by atoms with Crippen molar-refractivity contribution < 1.29 is 9.53 Å². The second-order valence-electron chi connectivity index (χ2n) is 5.64. The topological polar surface area (TPSA) is 38.3 Å². The Labute approximate surface area is 135 Å². The Morgan fingerprint density at radius 3 is 2.43 bits per heavy atom. The van der Waals surface area contributed by atoms with Crippen LogP contribution in [0.4, 0.5) is 5.69 Å². The lowest BCUT2D eigenvalue weighted by Gasteiger charge is -2.14. The van der Waals surface area contributed by atoms with Crippen LogP contribution in [0.25, 0.3) is 10.8 Å². The van der Waals surface area contributed by atoms with Crippen molar-refractivity contribution in [2.45, 2.75) is 20.0 Å². The van der Waals surface area contributed by atoms with Crippen LogP contribution in [-0.4, -0.2) is 12.0 Å². The van der Waals surface area contributed by atoms with Crippen LogP contribution in [-0.2, 0) is 0 Å². The van der Waals surface area contributed by atoms with E-state index in [0.717, 1.165) is 16.5 Å². The predicted octanol–water partition coefficient (Wildman–Crippen LogP) is 4.88. The van der Waals surface area contributed by atoms with Crippen molar-refractivity contribution in [2.75, 3.05) is 5.32 Å². The molecule has 0 atom stereocenters. The number of fused-ring (bicyclic) bond motifs is 1. The van der Waals surface area contributed by atoms with E-state index in [2.05, 4.69) is 5.32 Å². The molecule has 0 aromatic heterocycles. The first-order valence-electron chi connectivity index (χ1n) is 7.70. The fourth-order valence-electron chi connectivity index (χ4n) is 2.53. The summed E-state index contributed by atoms with van der Waals surface area (Å²) in [6.07, 6.45) is 0.0153. The van der Waals surface area contributed by atoms with Gasteiger partial charge < -0.3 is 10.1 Å². The molecular formula is C20H19NO2. The normalized spacial score (nSPS) is 10.7. The molecule has 0 unspecified atom stereocenters. The molecule has 116 valence electrons. The lowest BCUT2D eigenvalue weighted by atomic mass is 10.1. The van der Waals surface area contributed by atoms with Crippen LogP contribution >= 0.6 is 0 Å². The van der Waals surface area contributed by atoms with Gasteiger partial charge in [0.15, 0.2) is 0 Å². The van der Waals surface area contributed by atoms with E-state index in [1.807, 2.05) is 74.5 Å². The minimum absolute atomic E-state index is 0.0153. The molecule has 0 radical (unpaired) electrons. The number of para-hydroxylation sites is 1. The molecule has 0 spiro atoms. The quantitative estimate of drug-likeness (QED) is 0.746. The monoisotopic (exact) mass is 305 g/mol. The first-order chi connectivity index (χ1) is 11.1. The Morgan fingerprint density at radius 2 is 1.61 bits per heavy atom. The standard InChI is InChI=1S/C20H19NO2/c1-14(2)23-19-13-6-5-11-17(19)20(22)21-18-12-7-9-15-8-3-4-10-16(15)18/h3-14H,1-2H3,(H,21,22). The molecular weight excluding hydrogens is 286 g/mol. The summed E-state index contributed by atoms with van der Waals surface area (Å²) in [6.45, 7) is 3.89. The SMILES string of the molecule is CC(C)Oc1ccccc1C(=O)Nc1cccc2ccccc12. The number of amides is 1. The Bertz CT molecular complexity index is 834. The van der Waals surface area contributed by atoms with Gasteiger partial charge >= 0.3 is 0 Å². The zero-order chi connectivity index (χ0) is 16.2. The van der Waals surface area contributed by atoms with Gasteiger partial charge in [0.2, 0.25) is 0 Å². The third-order valence-electron chi connectivity index (χ3n) is 3.53. The highest BCUT2D eigenvalue weighted by atomic mass is 16.5. The molecule has 0 aliphatic heterocycles. The molecule has 3 aromatic carbocycles. The minimum Gasteiger partial charge on any atom is -0.490 e. The predicted molar refractivity (Wildman–Crippen MR) is 94.1 cm³/mol. The van der Waals surface area contributed by atoms with E-state index in [1.54, 1.807) is 6.07 Å². The van der Waals surface area contributed by atoms with E-state index in [-0.39, 0.29) is 12.0 Å². The third-order valence-corrected chi connectivity index (χ3v) is 3.53. The van der Waals surface area contributed by atoms with E-state index in [4.69, 9.17) is 4.74 Å². The number of rotatable bonds is 4. The van der Waals surface area contributed by atoms with Crippen LogP contribution in [0.15, 0.2) is 66.7 Å². The Hall–Kier alpha value is -2.81. The Kier molecular flexibility index (Phi) is 4.29. The van der Waals surface area contributed by atoms with Crippen LogP contribution in [0, 0.1) is 0 Å². The number of anilines is 1. The number of carbonyl (C=O) groups excluding carboxylic acids is 1.